The molecule has 0 saturated carbocycles. The fraction of sp³-hybridized carbons (Fsp3) is 1.00. The molecule has 0 aromatic carbocycles. The summed E-state index contributed by atoms with van der Waals surface area (Å²) < 4.78 is 60.6. The molecule has 0 fully saturated rings. The van der Waals surface area contributed by atoms with Gasteiger partial charge in [0.15, 0.2) is 0 Å². The molecule has 3 nitrogen and oxygen atoms in total. The fourth-order valence-corrected chi connectivity index (χ4v) is 1.63. The van der Waals surface area contributed by atoms with E-state index in [0.29, 0.717) is 0 Å². The molecule has 86 valence electrons. The van der Waals surface area contributed by atoms with Gasteiger partial charge in [0.05, 0.1) is 12.4 Å². The maximum Gasteiger partial charge on any atom is 0.389 e. The molecule has 7 heteroatoms. The minimum absolute atomic E-state index is 0.0760. The first-order valence-electron chi connectivity index (χ1n) is 4.05. The van der Waals surface area contributed by atoms with E-state index in [0.717, 1.165) is 6.26 Å². The summed E-state index contributed by atoms with van der Waals surface area (Å²) in [5, 5.41) is 0. The van der Waals surface area contributed by atoms with Crippen molar-refractivity contribution in [1.82, 2.24) is 0 Å². The van der Waals surface area contributed by atoms with Gasteiger partial charge in [-0.3, -0.25) is 4.18 Å². The van der Waals surface area contributed by atoms with Gasteiger partial charge in [0, 0.05) is 6.42 Å². The molecular weight excluding hydrogens is 221 g/mol. The first kappa shape index (κ1) is 13.7. The molecule has 14 heavy (non-hydrogen) atoms. The zero-order valence-electron chi connectivity index (χ0n) is 7.97. The SMILES string of the molecule is CC(CCCC(F)(F)F)OS(C)(=O)=O. The van der Waals surface area contributed by atoms with Crippen molar-refractivity contribution < 1.29 is 25.8 Å². The lowest BCUT2D eigenvalue weighted by atomic mass is 10.2. The average Bonchev–Trinajstić information content (AvgIpc) is 1.78. The van der Waals surface area contributed by atoms with Crippen LogP contribution in [0.5, 0.6) is 0 Å². The van der Waals surface area contributed by atoms with Crippen LogP contribution in [0.3, 0.4) is 0 Å². The van der Waals surface area contributed by atoms with Gasteiger partial charge in [0.25, 0.3) is 10.1 Å². The monoisotopic (exact) mass is 234 g/mol. The molecule has 0 aliphatic carbocycles. The molecule has 0 saturated heterocycles. The highest BCUT2D eigenvalue weighted by Gasteiger charge is 2.26. The van der Waals surface area contributed by atoms with Crippen LogP contribution in [0.25, 0.3) is 0 Å². The smallest absolute Gasteiger partial charge is 0.267 e. The van der Waals surface area contributed by atoms with E-state index in [1.165, 1.54) is 6.92 Å². The van der Waals surface area contributed by atoms with E-state index in [1.54, 1.807) is 0 Å². The minimum atomic E-state index is -4.19. The Hall–Kier alpha value is -0.300. The molecule has 1 unspecified atom stereocenters. The first-order valence-corrected chi connectivity index (χ1v) is 5.87. The predicted octanol–water partition coefficient (Wildman–Crippen LogP) is 2.08. The molecule has 0 heterocycles. The zero-order valence-corrected chi connectivity index (χ0v) is 8.78. The maximum absolute atomic E-state index is 11.7. The second kappa shape index (κ2) is 4.97. The molecule has 0 aliphatic rings. The van der Waals surface area contributed by atoms with Gasteiger partial charge in [-0.25, -0.2) is 0 Å². The van der Waals surface area contributed by atoms with E-state index >= 15 is 0 Å². The van der Waals surface area contributed by atoms with Crippen molar-refractivity contribution in [2.75, 3.05) is 6.26 Å². The summed E-state index contributed by atoms with van der Waals surface area (Å²) >= 11 is 0. The quantitative estimate of drug-likeness (QED) is 0.684. The fourth-order valence-electron chi connectivity index (χ4n) is 0.936. The minimum Gasteiger partial charge on any atom is -0.267 e. The Labute approximate surface area is 81.4 Å². The summed E-state index contributed by atoms with van der Waals surface area (Å²) in [6.07, 6.45) is -4.98. The van der Waals surface area contributed by atoms with Gasteiger partial charge in [0.1, 0.15) is 0 Å². The van der Waals surface area contributed by atoms with Crippen molar-refractivity contribution in [2.45, 2.75) is 38.5 Å². The normalized spacial score (nSPS) is 15.5. The van der Waals surface area contributed by atoms with Crippen molar-refractivity contribution in [1.29, 1.82) is 0 Å². The summed E-state index contributed by atoms with van der Waals surface area (Å²) in [7, 11) is -3.57. The van der Waals surface area contributed by atoms with Crippen molar-refractivity contribution in [3.63, 3.8) is 0 Å². The molecule has 1 atom stereocenters. The number of hydrogen-bond donors (Lipinski definition) is 0. The van der Waals surface area contributed by atoms with E-state index in [4.69, 9.17) is 0 Å². The maximum atomic E-state index is 11.7. The topological polar surface area (TPSA) is 43.4 Å². The van der Waals surface area contributed by atoms with Crippen LogP contribution in [0.4, 0.5) is 13.2 Å². The second-order valence-corrected chi connectivity index (χ2v) is 4.72. The van der Waals surface area contributed by atoms with Crippen LogP contribution in [0, 0.1) is 0 Å². The van der Waals surface area contributed by atoms with Gasteiger partial charge < -0.3 is 0 Å². The van der Waals surface area contributed by atoms with E-state index in [9.17, 15) is 21.6 Å². The Morgan fingerprint density at radius 2 is 1.86 bits per heavy atom. The van der Waals surface area contributed by atoms with Gasteiger partial charge in [-0.15, -0.1) is 0 Å². The van der Waals surface area contributed by atoms with Gasteiger partial charge >= 0.3 is 6.18 Å². The highest BCUT2D eigenvalue weighted by atomic mass is 32.2. The molecule has 0 spiro atoms. The zero-order chi connectivity index (χ0) is 11.4. The Morgan fingerprint density at radius 3 is 2.21 bits per heavy atom. The highest BCUT2D eigenvalue weighted by molar-refractivity contribution is 7.86. The molecule has 0 rings (SSSR count). The summed E-state index contributed by atoms with van der Waals surface area (Å²) in [6.45, 7) is 1.43. The summed E-state index contributed by atoms with van der Waals surface area (Å²) in [5.74, 6) is 0. The van der Waals surface area contributed by atoms with Crippen LogP contribution < -0.4 is 0 Å². The van der Waals surface area contributed by atoms with Crippen molar-refractivity contribution in [3.8, 4) is 0 Å². The van der Waals surface area contributed by atoms with Crippen molar-refractivity contribution >= 4 is 10.1 Å². The van der Waals surface area contributed by atoms with Crippen LogP contribution in [0.1, 0.15) is 26.2 Å². The van der Waals surface area contributed by atoms with Gasteiger partial charge in [-0.2, -0.15) is 21.6 Å². The van der Waals surface area contributed by atoms with E-state index in [-0.39, 0.29) is 12.8 Å². The standard InChI is InChI=1S/C7H13F3O3S/c1-6(13-14(2,11)12)4-3-5-7(8,9)10/h6H,3-5H2,1-2H3. The Morgan fingerprint density at radius 1 is 1.36 bits per heavy atom. The third kappa shape index (κ3) is 9.79. The molecule has 0 N–H and O–H groups in total. The largest absolute Gasteiger partial charge is 0.389 e. The second-order valence-electron chi connectivity index (χ2n) is 3.12. The molecule has 0 aromatic heterocycles. The number of rotatable bonds is 5. The lowest BCUT2D eigenvalue weighted by molar-refractivity contribution is -0.136. The molecule has 0 aliphatic heterocycles. The lowest BCUT2D eigenvalue weighted by Gasteiger charge is -2.11. The highest BCUT2D eigenvalue weighted by Crippen LogP contribution is 2.23. The Balaban J connectivity index is 3.71. The molecule has 0 amide bonds. The van der Waals surface area contributed by atoms with Gasteiger partial charge in [0.2, 0.25) is 0 Å². The van der Waals surface area contributed by atoms with Crippen LogP contribution >= 0.6 is 0 Å². The average molecular weight is 234 g/mol. The van der Waals surface area contributed by atoms with Gasteiger partial charge in [-0.05, 0) is 19.8 Å². The molecular formula is C7H13F3O3S. The summed E-state index contributed by atoms with van der Waals surface area (Å²) in [6, 6.07) is 0. The van der Waals surface area contributed by atoms with Crippen LogP contribution in [-0.4, -0.2) is 27.0 Å². The van der Waals surface area contributed by atoms with Crippen LogP contribution in [-0.2, 0) is 14.3 Å². The molecule has 0 aromatic rings. The van der Waals surface area contributed by atoms with E-state index in [2.05, 4.69) is 4.18 Å². The third-order valence-corrected chi connectivity index (χ3v) is 2.09. The lowest BCUT2D eigenvalue weighted by Crippen LogP contribution is -2.15. The summed E-state index contributed by atoms with van der Waals surface area (Å²) in [4.78, 5) is 0. The van der Waals surface area contributed by atoms with E-state index in [1.807, 2.05) is 0 Å². The number of alkyl halides is 3. The van der Waals surface area contributed by atoms with Crippen molar-refractivity contribution in [2.24, 2.45) is 0 Å². The Bertz CT molecular complexity index is 258. The number of hydrogen-bond acceptors (Lipinski definition) is 3. The predicted molar refractivity (Wildman–Crippen MR) is 45.3 cm³/mol. The number of halogens is 3. The Kier molecular flexibility index (Phi) is 4.87. The molecule has 0 radical (unpaired) electrons. The summed E-state index contributed by atoms with van der Waals surface area (Å²) in [5.41, 5.74) is 0. The third-order valence-electron chi connectivity index (χ3n) is 1.41. The van der Waals surface area contributed by atoms with Crippen LogP contribution in [0.15, 0.2) is 0 Å². The van der Waals surface area contributed by atoms with E-state index < -0.39 is 28.8 Å². The molecule has 0 bridgehead atoms. The van der Waals surface area contributed by atoms with Crippen molar-refractivity contribution in [3.05, 3.63) is 0 Å². The van der Waals surface area contributed by atoms with Gasteiger partial charge in [-0.1, -0.05) is 0 Å². The van der Waals surface area contributed by atoms with Crippen LogP contribution in [0.2, 0.25) is 0 Å². The first-order chi connectivity index (χ1) is 6.10.